The first-order chi connectivity index (χ1) is 13.9. The summed E-state index contributed by atoms with van der Waals surface area (Å²) in [5.41, 5.74) is 1.08. The summed E-state index contributed by atoms with van der Waals surface area (Å²) in [6.07, 6.45) is 2.71. The zero-order valence-electron chi connectivity index (χ0n) is 17.1. The minimum atomic E-state index is -3.35. The van der Waals surface area contributed by atoms with E-state index in [1.165, 1.54) is 0 Å². The van der Waals surface area contributed by atoms with Gasteiger partial charge in [0.05, 0.1) is 5.75 Å². The Morgan fingerprint density at radius 1 is 1.24 bits per heavy atom. The van der Waals surface area contributed by atoms with Gasteiger partial charge < -0.3 is 9.42 Å². The lowest BCUT2D eigenvalue weighted by Gasteiger charge is -2.22. The molecule has 1 aromatic carbocycles. The number of nitrogens with zero attached hydrogens (tertiary/aromatic N) is 4. The Hall–Kier alpha value is -1.29. The van der Waals surface area contributed by atoms with E-state index in [4.69, 9.17) is 4.52 Å². The molecule has 1 aliphatic rings. The van der Waals surface area contributed by atoms with E-state index in [1.54, 1.807) is 4.31 Å². The average molecular weight is 485 g/mol. The average Bonchev–Trinajstić information content (AvgIpc) is 3.36. The minimum Gasteiger partial charge on any atom is -0.338 e. The molecule has 1 fully saturated rings. The van der Waals surface area contributed by atoms with Gasteiger partial charge in [-0.05, 0) is 56.6 Å². The van der Waals surface area contributed by atoms with Gasteiger partial charge in [0.25, 0.3) is 0 Å². The molecule has 3 rings (SSSR count). The molecule has 1 aliphatic heterocycles. The number of aromatic nitrogens is 2. The van der Waals surface area contributed by atoms with E-state index in [9.17, 15) is 8.42 Å². The topological polar surface area (TPSA) is 79.5 Å². The number of hydrogen-bond donors (Lipinski definition) is 0. The van der Waals surface area contributed by atoms with Crippen LogP contribution in [-0.2, 0) is 16.4 Å². The molecule has 0 spiro atoms. The van der Waals surface area contributed by atoms with Crippen molar-refractivity contribution < 1.29 is 12.9 Å². The fourth-order valence-electron chi connectivity index (χ4n) is 3.71. The Balaban J connectivity index is 1.64. The number of rotatable bonds is 10. The normalized spacial score (nSPS) is 18.0. The first-order valence-corrected chi connectivity index (χ1v) is 12.6. The zero-order valence-corrected chi connectivity index (χ0v) is 19.5. The zero-order chi connectivity index (χ0) is 20.9. The van der Waals surface area contributed by atoms with Crippen LogP contribution in [0.2, 0.25) is 0 Å². The van der Waals surface area contributed by atoms with Crippen LogP contribution in [-0.4, -0.2) is 59.7 Å². The van der Waals surface area contributed by atoms with Gasteiger partial charge in [0, 0.05) is 17.4 Å². The third-order valence-corrected chi connectivity index (χ3v) is 7.86. The van der Waals surface area contributed by atoms with Gasteiger partial charge >= 0.3 is 0 Å². The summed E-state index contributed by atoms with van der Waals surface area (Å²) in [6, 6.07) is 7.60. The van der Waals surface area contributed by atoms with Gasteiger partial charge in [-0.25, -0.2) is 8.42 Å². The number of sulfonamides is 1. The Bertz CT molecular complexity index is 881. The van der Waals surface area contributed by atoms with Gasteiger partial charge in [-0.3, -0.25) is 0 Å². The summed E-state index contributed by atoms with van der Waals surface area (Å²) in [5, 5.41) is 4.08. The highest BCUT2D eigenvalue weighted by Gasteiger charge is 2.38. The lowest BCUT2D eigenvalue weighted by atomic mass is 10.1. The van der Waals surface area contributed by atoms with Gasteiger partial charge in [0.15, 0.2) is 5.82 Å². The van der Waals surface area contributed by atoms with E-state index < -0.39 is 10.0 Å². The van der Waals surface area contributed by atoms with Crippen LogP contribution in [0.5, 0.6) is 0 Å². The van der Waals surface area contributed by atoms with E-state index in [0.29, 0.717) is 31.1 Å². The van der Waals surface area contributed by atoms with Crippen molar-refractivity contribution in [3.8, 4) is 0 Å². The first kappa shape index (κ1) is 22.4. The maximum atomic E-state index is 12.9. The van der Waals surface area contributed by atoms with Gasteiger partial charge in [-0.15, -0.1) is 0 Å². The molecule has 2 aromatic rings. The van der Waals surface area contributed by atoms with Crippen LogP contribution in [0.15, 0.2) is 33.3 Å². The molecule has 0 saturated carbocycles. The molecule has 1 atom stereocenters. The third kappa shape index (κ3) is 5.87. The molecule has 9 heteroatoms. The standard InChI is InChI=1S/C20H29BrN4O3S/c1-3-24(4-2)12-6-14-29(26,27)25-13-5-7-18(25)20-22-19(23-28-20)15-16-8-10-17(21)11-9-16/h8-11,18H,3-7,12-15H2,1-2H3/t18-/m1/s1. The number of halogens is 1. The van der Waals surface area contributed by atoms with Gasteiger partial charge in [0.1, 0.15) is 6.04 Å². The van der Waals surface area contributed by atoms with Crippen molar-refractivity contribution in [2.24, 2.45) is 0 Å². The van der Waals surface area contributed by atoms with Crippen molar-refractivity contribution in [3.05, 3.63) is 46.0 Å². The fourth-order valence-corrected chi connectivity index (χ4v) is 5.69. The van der Waals surface area contributed by atoms with Crippen LogP contribution >= 0.6 is 15.9 Å². The molecular formula is C20H29BrN4O3S. The molecule has 0 N–H and O–H groups in total. The van der Waals surface area contributed by atoms with Crippen LogP contribution in [0.25, 0.3) is 0 Å². The third-order valence-electron chi connectivity index (χ3n) is 5.38. The molecule has 160 valence electrons. The molecular weight excluding hydrogens is 456 g/mol. The summed E-state index contributed by atoms with van der Waals surface area (Å²) < 4.78 is 33.9. The molecule has 0 amide bonds. The van der Waals surface area contributed by atoms with Crippen LogP contribution < -0.4 is 0 Å². The largest absolute Gasteiger partial charge is 0.338 e. The maximum absolute atomic E-state index is 12.9. The summed E-state index contributed by atoms with van der Waals surface area (Å²) in [5.74, 6) is 1.13. The SMILES string of the molecule is CCN(CC)CCCS(=O)(=O)N1CCC[C@@H]1c1nc(Cc2ccc(Br)cc2)no1. The van der Waals surface area contributed by atoms with Crippen molar-refractivity contribution in [1.82, 2.24) is 19.3 Å². The highest BCUT2D eigenvalue weighted by atomic mass is 79.9. The Kier molecular flexibility index (Phi) is 7.84. The van der Waals surface area contributed by atoms with Crippen LogP contribution in [0.1, 0.15) is 56.4 Å². The first-order valence-electron chi connectivity index (χ1n) is 10.2. The minimum absolute atomic E-state index is 0.153. The summed E-state index contributed by atoms with van der Waals surface area (Å²) in [7, 11) is -3.35. The summed E-state index contributed by atoms with van der Waals surface area (Å²) in [4.78, 5) is 6.74. The number of benzene rings is 1. The Labute approximate surface area is 181 Å². The maximum Gasteiger partial charge on any atom is 0.245 e. The van der Waals surface area contributed by atoms with Crippen molar-refractivity contribution in [3.63, 3.8) is 0 Å². The van der Waals surface area contributed by atoms with E-state index in [1.807, 2.05) is 24.3 Å². The Morgan fingerprint density at radius 2 is 1.97 bits per heavy atom. The molecule has 7 nitrogen and oxygen atoms in total. The van der Waals surface area contributed by atoms with Crippen molar-refractivity contribution >= 4 is 26.0 Å². The monoisotopic (exact) mass is 484 g/mol. The smallest absolute Gasteiger partial charge is 0.245 e. The van der Waals surface area contributed by atoms with Crippen LogP contribution in [0, 0.1) is 0 Å². The summed E-state index contributed by atoms with van der Waals surface area (Å²) >= 11 is 3.42. The van der Waals surface area contributed by atoms with Gasteiger partial charge in [-0.1, -0.05) is 47.1 Å². The van der Waals surface area contributed by atoms with E-state index in [2.05, 4.69) is 44.8 Å². The van der Waals surface area contributed by atoms with E-state index in [-0.39, 0.29) is 11.8 Å². The molecule has 1 aromatic heterocycles. The molecule has 1 saturated heterocycles. The van der Waals surface area contributed by atoms with Gasteiger partial charge in [-0.2, -0.15) is 9.29 Å². The Morgan fingerprint density at radius 3 is 2.66 bits per heavy atom. The quantitative estimate of drug-likeness (QED) is 0.512. The second-order valence-electron chi connectivity index (χ2n) is 7.32. The molecule has 0 aliphatic carbocycles. The molecule has 2 heterocycles. The highest BCUT2D eigenvalue weighted by Crippen LogP contribution is 2.33. The second-order valence-corrected chi connectivity index (χ2v) is 10.3. The molecule has 29 heavy (non-hydrogen) atoms. The van der Waals surface area contributed by atoms with E-state index >= 15 is 0 Å². The van der Waals surface area contributed by atoms with Crippen LogP contribution in [0.4, 0.5) is 0 Å². The predicted molar refractivity (Wildman–Crippen MR) is 116 cm³/mol. The van der Waals surface area contributed by atoms with Crippen molar-refractivity contribution in [2.45, 2.75) is 45.6 Å². The van der Waals surface area contributed by atoms with Gasteiger partial charge in [0.2, 0.25) is 15.9 Å². The molecule has 0 unspecified atom stereocenters. The lowest BCUT2D eigenvalue weighted by molar-refractivity contribution is 0.286. The number of hydrogen-bond acceptors (Lipinski definition) is 6. The lowest BCUT2D eigenvalue weighted by Crippen LogP contribution is -2.34. The molecule has 0 radical (unpaired) electrons. The highest BCUT2D eigenvalue weighted by molar-refractivity contribution is 9.10. The second kappa shape index (κ2) is 10.1. The summed E-state index contributed by atoms with van der Waals surface area (Å²) in [6.45, 7) is 7.37. The predicted octanol–water partition coefficient (Wildman–Crippen LogP) is 3.62. The van der Waals surface area contributed by atoms with Crippen molar-refractivity contribution in [2.75, 3.05) is 31.9 Å². The van der Waals surface area contributed by atoms with E-state index in [0.717, 1.165) is 42.5 Å². The fraction of sp³-hybridized carbons (Fsp3) is 0.600. The molecule has 0 bridgehead atoms. The van der Waals surface area contributed by atoms with Crippen LogP contribution in [0.3, 0.4) is 0 Å². The van der Waals surface area contributed by atoms with Crippen molar-refractivity contribution in [1.29, 1.82) is 0 Å².